The topological polar surface area (TPSA) is 99.7 Å². The maximum atomic E-state index is 13.4. The second-order valence-electron chi connectivity index (χ2n) is 10.4. The first kappa shape index (κ1) is 26.8. The zero-order chi connectivity index (χ0) is 25.4. The number of hydrogen-bond acceptors (Lipinski definition) is 4. The number of amides is 3. The van der Waals surface area contributed by atoms with Gasteiger partial charge in [-0.1, -0.05) is 38.8 Å². The van der Waals surface area contributed by atoms with Crippen LogP contribution in [0.15, 0.2) is 29.3 Å². The average Bonchev–Trinajstić information content (AvgIpc) is 3.15. The van der Waals surface area contributed by atoms with Gasteiger partial charge in [0.25, 0.3) is 0 Å². The van der Waals surface area contributed by atoms with E-state index in [1.165, 1.54) is 12.1 Å². The predicted octanol–water partition coefficient (Wildman–Crippen LogP) is 3.03. The fourth-order valence-corrected chi connectivity index (χ4v) is 5.24. The second kappa shape index (κ2) is 12.8. The van der Waals surface area contributed by atoms with Crippen molar-refractivity contribution in [3.8, 4) is 0 Å². The molecule has 7 nitrogen and oxygen atoms in total. The quantitative estimate of drug-likeness (QED) is 0.558. The van der Waals surface area contributed by atoms with Gasteiger partial charge in [-0.05, 0) is 61.6 Å². The molecule has 0 aromatic heterocycles. The molecule has 3 rings (SSSR count). The molecule has 0 aliphatic carbocycles. The SMILES string of the molecule is CN=C[C@@H]1C[C@@H]2C(=O)NC[C@@H]2CCCC[C@H](Cc2ccc(F)cc2)C(=O)N[C@@H](CC(C)C)C(=O)N1. The molecule has 0 saturated carbocycles. The Balaban J connectivity index is 1.85. The van der Waals surface area contributed by atoms with Crippen molar-refractivity contribution >= 4 is 23.9 Å². The van der Waals surface area contributed by atoms with Crippen LogP contribution in [0.25, 0.3) is 0 Å². The molecule has 2 aliphatic rings. The number of rotatable bonds is 5. The van der Waals surface area contributed by atoms with Crippen LogP contribution in [0.3, 0.4) is 0 Å². The Bertz CT molecular complexity index is 902. The van der Waals surface area contributed by atoms with E-state index in [1.807, 2.05) is 13.8 Å². The van der Waals surface area contributed by atoms with Gasteiger partial charge in [-0.25, -0.2) is 4.39 Å². The summed E-state index contributed by atoms with van der Waals surface area (Å²) in [5.41, 5.74) is 0.891. The largest absolute Gasteiger partial charge is 0.356 e. The summed E-state index contributed by atoms with van der Waals surface area (Å²) in [5.74, 6) is -0.778. The van der Waals surface area contributed by atoms with Crippen LogP contribution in [0, 0.1) is 29.5 Å². The molecule has 2 aliphatic heterocycles. The lowest BCUT2D eigenvalue weighted by Gasteiger charge is -2.27. The van der Waals surface area contributed by atoms with E-state index in [0.717, 1.165) is 24.8 Å². The van der Waals surface area contributed by atoms with Gasteiger partial charge in [-0.3, -0.25) is 19.4 Å². The first-order chi connectivity index (χ1) is 16.8. The molecule has 3 amide bonds. The van der Waals surface area contributed by atoms with E-state index in [1.54, 1.807) is 25.4 Å². The molecule has 5 atom stereocenters. The van der Waals surface area contributed by atoms with Crippen molar-refractivity contribution in [1.29, 1.82) is 0 Å². The molecule has 2 heterocycles. The minimum atomic E-state index is -0.679. The summed E-state index contributed by atoms with van der Waals surface area (Å²) >= 11 is 0. The molecule has 2 fully saturated rings. The molecule has 8 heteroatoms. The van der Waals surface area contributed by atoms with E-state index in [-0.39, 0.29) is 53.3 Å². The third-order valence-electron chi connectivity index (χ3n) is 7.09. The van der Waals surface area contributed by atoms with E-state index >= 15 is 0 Å². The Morgan fingerprint density at radius 2 is 1.74 bits per heavy atom. The highest BCUT2D eigenvalue weighted by Crippen LogP contribution is 2.29. The maximum Gasteiger partial charge on any atom is 0.243 e. The molecule has 0 unspecified atom stereocenters. The Morgan fingerprint density at radius 1 is 1.03 bits per heavy atom. The number of halogens is 1. The molecule has 2 saturated heterocycles. The van der Waals surface area contributed by atoms with E-state index in [9.17, 15) is 18.8 Å². The van der Waals surface area contributed by atoms with E-state index in [0.29, 0.717) is 32.2 Å². The summed E-state index contributed by atoms with van der Waals surface area (Å²) in [6, 6.07) is 5.18. The van der Waals surface area contributed by atoms with Gasteiger partial charge in [-0.15, -0.1) is 0 Å². The summed E-state index contributed by atoms with van der Waals surface area (Å²) < 4.78 is 13.4. The van der Waals surface area contributed by atoms with Crippen molar-refractivity contribution < 1.29 is 18.8 Å². The van der Waals surface area contributed by atoms with Crippen molar-refractivity contribution in [3.05, 3.63) is 35.6 Å². The minimum absolute atomic E-state index is 0.0343. The van der Waals surface area contributed by atoms with Gasteiger partial charge in [0.15, 0.2) is 0 Å². The highest BCUT2D eigenvalue weighted by atomic mass is 19.1. The van der Waals surface area contributed by atoms with Gasteiger partial charge < -0.3 is 16.0 Å². The van der Waals surface area contributed by atoms with Crippen LogP contribution in [0.1, 0.15) is 57.9 Å². The number of aliphatic imine (C=N–C) groups is 1. The summed E-state index contributed by atoms with van der Waals surface area (Å²) in [6.07, 6.45) is 6.47. The van der Waals surface area contributed by atoms with Crippen molar-refractivity contribution in [2.45, 2.75) is 70.9 Å². The van der Waals surface area contributed by atoms with Crippen LogP contribution in [-0.2, 0) is 20.8 Å². The van der Waals surface area contributed by atoms with Gasteiger partial charge in [-0.2, -0.15) is 0 Å². The fraction of sp³-hybridized carbons (Fsp3) is 0.630. The molecule has 1 aromatic carbocycles. The lowest BCUT2D eigenvalue weighted by molar-refractivity contribution is -0.132. The van der Waals surface area contributed by atoms with Crippen LogP contribution >= 0.6 is 0 Å². The zero-order valence-electron chi connectivity index (χ0n) is 21.1. The van der Waals surface area contributed by atoms with Crippen molar-refractivity contribution in [1.82, 2.24) is 16.0 Å². The first-order valence-corrected chi connectivity index (χ1v) is 12.8. The van der Waals surface area contributed by atoms with Gasteiger partial charge in [0.05, 0.1) is 6.04 Å². The number of benzene rings is 1. The summed E-state index contributed by atoms with van der Waals surface area (Å²) in [5, 5.41) is 9.01. The first-order valence-electron chi connectivity index (χ1n) is 12.8. The monoisotopic (exact) mass is 486 g/mol. The Hall–Kier alpha value is -2.77. The van der Waals surface area contributed by atoms with Crippen LogP contribution < -0.4 is 16.0 Å². The van der Waals surface area contributed by atoms with Crippen LogP contribution in [-0.4, -0.2) is 49.6 Å². The summed E-state index contributed by atoms with van der Waals surface area (Å²) in [4.78, 5) is 43.4. The van der Waals surface area contributed by atoms with Crippen molar-refractivity contribution in [3.63, 3.8) is 0 Å². The highest BCUT2D eigenvalue weighted by Gasteiger charge is 2.37. The van der Waals surface area contributed by atoms with Gasteiger partial charge in [0, 0.05) is 31.6 Å². The average molecular weight is 487 g/mol. The highest BCUT2D eigenvalue weighted by molar-refractivity contribution is 5.90. The molecule has 3 N–H and O–H groups in total. The molecule has 0 spiro atoms. The molecule has 1 aromatic rings. The van der Waals surface area contributed by atoms with E-state index in [2.05, 4.69) is 20.9 Å². The number of carbonyl (C=O) groups is 3. The minimum Gasteiger partial charge on any atom is -0.356 e. The Labute approximate surface area is 207 Å². The third-order valence-corrected chi connectivity index (χ3v) is 7.09. The van der Waals surface area contributed by atoms with Crippen LogP contribution in [0.2, 0.25) is 0 Å². The van der Waals surface area contributed by atoms with Gasteiger partial charge in [0.2, 0.25) is 17.7 Å². The molecular formula is C27H39FN4O3. The Morgan fingerprint density at radius 3 is 2.43 bits per heavy atom. The van der Waals surface area contributed by atoms with Gasteiger partial charge >= 0.3 is 0 Å². The molecule has 192 valence electrons. The smallest absolute Gasteiger partial charge is 0.243 e. The number of nitrogens with one attached hydrogen (secondary N) is 3. The van der Waals surface area contributed by atoms with Crippen molar-refractivity contribution in [2.24, 2.45) is 28.7 Å². The predicted molar refractivity (Wildman–Crippen MR) is 134 cm³/mol. The fourth-order valence-electron chi connectivity index (χ4n) is 5.24. The normalized spacial score (nSPS) is 28.8. The second-order valence-corrected chi connectivity index (χ2v) is 10.4. The summed E-state index contributed by atoms with van der Waals surface area (Å²) in [7, 11) is 1.65. The number of hydrogen-bond donors (Lipinski definition) is 3. The van der Waals surface area contributed by atoms with Crippen molar-refractivity contribution in [2.75, 3.05) is 13.6 Å². The number of fused-ring (bicyclic) bond motifs is 1. The maximum absolute atomic E-state index is 13.4. The Kier molecular flexibility index (Phi) is 9.81. The summed E-state index contributed by atoms with van der Waals surface area (Å²) in [6.45, 7) is 4.67. The lowest BCUT2D eigenvalue weighted by Crippen LogP contribution is -2.52. The molecule has 0 bridgehead atoms. The van der Waals surface area contributed by atoms with Gasteiger partial charge in [0.1, 0.15) is 11.9 Å². The third kappa shape index (κ3) is 7.87. The van der Waals surface area contributed by atoms with Crippen LogP contribution in [0.5, 0.6) is 0 Å². The zero-order valence-corrected chi connectivity index (χ0v) is 21.1. The van der Waals surface area contributed by atoms with Crippen LogP contribution in [0.4, 0.5) is 4.39 Å². The molecule has 0 radical (unpaired) electrons. The standard InChI is InChI=1S/C27H39FN4O3/c1-17(2)12-24-27(35)31-22(16-29-3)14-23-20(15-30-26(23)34)7-5-4-6-19(25(33)32-24)13-18-8-10-21(28)11-9-18/h8-11,16-17,19-20,22-24H,4-7,12-15H2,1-3H3,(H,30,34)(H,31,35)(H,32,33)/t19-,20+,22+,23+,24+/m1/s1. The van der Waals surface area contributed by atoms with E-state index in [4.69, 9.17) is 0 Å². The number of nitrogens with zero attached hydrogens (tertiary/aromatic N) is 1. The molecule has 35 heavy (non-hydrogen) atoms. The lowest BCUT2D eigenvalue weighted by atomic mass is 9.84. The van der Waals surface area contributed by atoms with E-state index < -0.39 is 6.04 Å². The molecular weight excluding hydrogens is 447 g/mol. The number of carbonyl (C=O) groups excluding carboxylic acids is 3.